The summed E-state index contributed by atoms with van der Waals surface area (Å²) >= 11 is 0. The lowest BCUT2D eigenvalue weighted by Crippen LogP contribution is -2.21. The minimum Gasteiger partial charge on any atom is -0.393 e. The van der Waals surface area contributed by atoms with Gasteiger partial charge in [0.05, 0.1) is 17.8 Å². The molecule has 71 valence electrons. The molecule has 0 aromatic carbocycles. The molecule has 1 aromatic heterocycles. The molecule has 1 aliphatic carbocycles. The van der Waals surface area contributed by atoms with Gasteiger partial charge < -0.3 is 5.11 Å². The van der Waals surface area contributed by atoms with Crippen molar-refractivity contribution in [3.05, 3.63) is 18.0 Å². The highest BCUT2D eigenvalue weighted by molar-refractivity contribution is 4.94. The van der Waals surface area contributed by atoms with Crippen molar-refractivity contribution in [2.45, 2.75) is 44.8 Å². The molecule has 0 amide bonds. The van der Waals surface area contributed by atoms with Crippen LogP contribution in [0, 0.1) is 13.0 Å². The van der Waals surface area contributed by atoms with Gasteiger partial charge in [-0.1, -0.05) is 0 Å². The number of hydrogen-bond acceptors (Lipinski definition) is 2. The first-order valence-corrected chi connectivity index (χ1v) is 4.87. The Kier molecular flexibility index (Phi) is 2.36. The Morgan fingerprint density at radius 2 is 2.15 bits per heavy atom. The van der Waals surface area contributed by atoms with Crippen LogP contribution in [-0.4, -0.2) is 21.0 Å². The second kappa shape index (κ2) is 3.50. The molecule has 0 unspecified atom stereocenters. The maximum atomic E-state index is 9.34. The quantitative estimate of drug-likeness (QED) is 0.709. The van der Waals surface area contributed by atoms with Crippen molar-refractivity contribution in [3.8, 4) is 0 Å². The predicted molar refractivity (Wildman–Crippen MR) is 49.3 cm³/mol. The molecule has 1 N–H and O–H groups in total. The van der Waals surface area contributed by atoms with Crippen LogP contribution in [0.5, 0.6) is 0 Å². The van der Waals surface area contributed by atoms with Crippen LogP contribution in [0.1, 0.15) is 37.4 Å². The molecule has 0 saturated heterocycles. The topological polar surface area (TPSA) is 38.0 Å². The molecule has 0 aliphatic heterocycles. The maximum Gasteiger partial charge on any atom is 0.0673 e. The predicted octanol–water partition coefficient (Wildman–Crippen LogP) is 1.47. The lowest BCUT2D eigenvalue weighted by molar-refractivity contribution is 0.108. The maximum absolute atomic E-state index is 9.34. The Hall–Kier alpha value is -0.830. The number of aryl methyl sites for hydroxylation is 1. The van der Waals surface area contributed by atoms with Crippen molar-refractivity contribution in [3.63, 3.8) is 0 Å². The molecular weight excluding hydrogens is 164 g/mol. The Labute approximate surface area is 78.4 Å². The second-order valence-electron chi connectivity index (χ2n) is 3.80. The van der Waals surface area contributed by atoms with E-state index in [0.717, 1.165) is 31.4 Å². The summed E-state index contributed by atoms with van der Waals surface area (Å²) in [7, 11) is 0. The van der Waals surface area contributed by atoms with Gasteiger partial charge in [-0.15, -0.1) is 0 Å². The molecule has 2 rings (SSSR count). The summed E-state index contributed by atoms with van der Waals surface area (Å²) in [6.07, 6.45) is 5.72. The second-order valence-corrected chi connectivity index (χ2v) is 3.80. The molecule has 1 saturated carbocycles. The molecule has 1 heterocycles. The zero-order valence-corrected chi connectivity index (χ0v) is 7.90. The van der Waals surface area contributed by atoms with Crippen LogP contribution in [0.4, 0.5) is 0 Å². The first kappa shape index (κ1) is 8.75. The highest BCUT2D eigenvalue weighted by atomic mass is 16.3. The molecule has 13 heavy (non-hydrogen) atoms. The summed E-state index contributed by atoms with van der Waals surface area (Å²) in [5.41, 5.74) is 0.950. The van der Waals surface area contributed by atoms with E-state index in [1.807, 2.05) is 17.8 Å². The normalized spacial score (nSPS) is 29.1. The van der Waals surface area contributed by atoms with Gasteiger partial charge in [-0.3, -0.25) is 4.68 Å². The van der Waals surface area contributed by atoms with Crippen LogP contribution in [0.2, 0.25) is 0 Å². The fraction of sp³-hybridized carbons (Fsp3) is 0.700. The Morgan fingerprint density at radius 1 is 1.46 bits per heavy atom. The summed E-state index contributed by atoms with van der Waals surface area (Å²) < 4.78 is 1.99. The zero-order valence-electron chi connectivity index (χ0n) is 7.90. The Balaban J connectivity index is 2.02. The van der Waals surface area contributed by atoms with E-state index >= 15 is 0 Å². The number of hydrogen-bond donors (Lipinski definition) is 1. The summed E-state index contributed by atoms with van der Waals surface area (Å²) in [6.45, 7) is 1.95. The van der Waals surface area contributed by atoms with Crippen molar-refractivity contribution >= 4 is 0 Å². The smallest absolute Gasteiger partial charge is 0.0673 e. The highest BCUT2D eigenvalue weighted by Gasteiger charge is 2.20. The molecule has 1 fully saturated rings. The average molecular weight is 179 g/mol. The van der Waals surface area contributed by atoms with Gasteiger partial charge in [0.15, 0.2) is 0 Å². The lowest BCUT2D eigenvalue weighted by Gasteiger charge is -2.25. The third-order valence-electron chi connectivity index (χ3n) is 2.71. The van der Waals surface area contributed by atoms with Crippen LogP contribution < -0.4 is 0 Å². The summed E-state index contributed by atoms with van der Waals surface area (Å²) in [5, 5.41) is 13.7. The van der Waals surface area contributed by atoms with E-state index < -0.39 is 0 Å². The van der Waals surface area contributed by atoms with Gasteiger partial charge in [0.1, 0.15) is 0 Å². The van der Waals surface area contributed by atoms with E-state index in [1.54, 1.807) is 0 Å². The van der Waals surface area contributed by atoms with Gasteiger partial charge >= 0.3 is 0 Å². The van der Waals surface area contributed by atoms with Crippen molar-refractivity contribution in [2.75, 3.05) is 0 Å². The summed E-state index contributed by atoms with van der Waals surface area (Å²) in [4.78, 5) is 0. The van der Waals surface area contributed by atoms with Crippen molar-refractivity contribution in [1.29, 1.82) is 0 Å². The van der Waals surface area contributed by atoms with Crippen LogP contribution in [0.15, 0.2) is 6.20 Å². The first-order valence-electron chi connectivity index (χ1n) is 4.87. The molecule has 0 spiro atoms. The number of rotatable bonds is 1. The fourth-order valence-corrected chi connectivity index (χ4v) is 1.90. The number of nitrogens with zero attached hydrogens (tertiary/aromatic N) is 2. The van der Waals surface area contributed by atoms with Crippen LogP contribution in [0.3, 0.4) is 0 Å². The minimum absolute atomic E-state index is 0.0862. The van der Waals surface area contributed by atoms with Crippen LogP contribution in [-0.2, 0) is 0 Å². The molecule has 1 aliphatic rings. The van der Waals surface area contributed by atoms with Gasteiger partial charge in [0, 0.05) is 12.3 Å². The summed E-state index contributed by atoms with van der Waals surface area (Å²) in [6, 6.07) is 3.55. The van der Waals surface area contributed by atoms with E-state index in [2.05, 4.69) is 11.2 Å². The number of aliphatic hydroxyl groups excluding tert-OH is 1. The molecular formula is C10H15N2O. The van der Waals surface area contributed by atoms with E-state index in [4.69, 9.17) is 0 Å². The van der Waals surface area contributed by atoms with E-state index in [0.29, 0.717) is 6.04 Å². The molecule has 1 aromatic rings. The first-order chi connectivity index (χ1) is 6.25. The molecule has 3 nitrogen and oxygen atoms in total. The van der Waals surface area contributed by atoms with Gasteiger partial charge in [0.25, 0.3) is 0 Å². The summed E-state index contributed by atoms with van der Waals surface area (Å²) in [5.74, 6) is 0. The monoisotopic (exact) mass is 179 g/mol. The van der Waals surface area contributed by atoms with Gasteiger partial charge in [-0.25, -0.2) is 0 Å². The lowest BCUT2D eigenvalue weighted by atomic mass is 9.93. The Morgan fingerprint density at radius 3 is 2.69 bits per heavy atom. The SMILES string of the molecule is Cc1[c]cn(C2CCC(O)CC2)n1. The van der Waals surface area contributed by atoms with Gasteiger partial charge in [0.2, 0.25) is 0 Å². The molecule has 3 heteroatoms. The standard InChI is InChI=1S/C10H15N2O/c1-8-6-7-12(11-8)9-2-4-10(13)5-3-9/h7,9-10,13H,2-5H2,1H3. The van der Waals surface area contributed by atoms with Gasteiger partial charge in [-0.05, 0) is 32.6 Å². The zero-order chi connectivity index (χ0) is 9.26. The van der Waals surface area contributed by atoms with E-state index in [1.165, 1.54) is 0 Å². The minimum atomic E-state index is -0.0862. The van der Waals surface area contributed by atoms with Crippen LogP contribution >= 0.6 is 0 Å². The highest BCUT2D eigenvalue weighted by Crippen LogP contribution is 2.27. The van der Waals surface area contributed by atoms with Crippen LogP contribution in [0.25, 0.3) is 0 Å². The van der Waals surface area contributed by atoms with Gasteiger partial charge in [-0.2, -0.15) is 5.10 Å². The van der Waals surface area contributed by atoms with Crippen molar-refractivity contribution in [1.82, 2.24) is 9.78 Å². The number of aliphatic hydroxyl groups is 1. The van der Waals surface area contributed by atoms with E-state index in [-0.39, 0.29) is 6.10 Å². The fourth-order valence-electron chi connectivity index (χ4n) is 1.90. The third-order valence-corrected chi connectivity index (χ3v) is 2.71. The largest absolute Gasteiger partial charge is 0.393 e. The van der Waals surface area contributed by atoms with E-state index in [9.17, 15) is 5.11 Å². The molecule has 0 bridgehead atoms. The third kappa shape index (κ3) is 1.91. The van der Waals surface area contributed by atoms with Crippen molar-refractivity contribution < 1.29 is 5.11 Å². The molecule has 0 atom stereocenters. The average Bonchev–Trinajstić information content (AvgIpc) is 2.53. The number of aromatic nitrogens is 2. The Bertz CT molecular complexity index is 274. The molecule has 1 radical (unpaired) electrons. The van der Waals surface area contributed by atoms with Crippen molar-refractivity contribution in [2.24, 2.45) is 0 Å².